The molecule has 1 atom stereocenters. The number of ether oxygens (including phenoxy) is 1. The van der Waals surface area contributed by atoms with Crippen molar-refractivity contribution in [1.82, 2.24) is 4.90 Å². The molecule has 2 rings (SSSR count). The van der Waals surface area contributed by atoms with Crippen LogP contribution in [0.4, 0.5) is 13.2 Å². The molecule has 1 aromatic rings. The molecule has 4 nitrogen and oxygen atoms in total. The van der Waals surface area contributed by atoms with Crippen LogP contribution in [0.1, 0.15) is 113 Å². The normalized spacial score (nSPS) is 16.1. The third-order valence-corrected chi connectivity index (χ3v) is 6.46. The highest BCUT2D eigenvalue weighted by molar-refractivity contribution is 5.97. The lowest BCUT2D eigenvalue weighted by Gasteiger charge is -2.23. The highest BCUT2D eigenvalue weighted by Gasteiger charge is 2.37. The van der Waals surface area contributed by atoms with Crippen molar-refractivity contribution >= 4 is 11.9 Å². The van der Waals surface area contributed by atoms with E-state index in [1.165, 1.54) is 74.8 Å². The zero-order valence-corrected chi connectivity index (χ0v) is 20.5. The molecule has 192 valence electrons. The first kappa shape index (κ1) is 28.2. The van der Waals surface area contributed by atoms with Gasteiger partial charge in [0.2, 0.25) is 0 Å². The van der Waals surface area contributed by atoms with Crippen molar-refractivity contribution in [1.29, 1.82) is 0 Å². The van der Waals surface area contributed by atoms with E-state index >= 15 is 0 Å². The van der Waals surface area contributed by atoms with Gasteiger partial charge in [-0.3, -0.25) is 4.79 Å². The van der Waals surface area contributed by atoms with Crippen molar-refractivity contribution in [3.63, 3.8) is 0 Å². The molecule has 0 radical (unpaired) electrons. The van der Waals surface area contributed by atoms with E-state index in [1.54, 1.807) is 0 Å². The monoisotopic (exact) mass is 483 g/mol. The number of rotatable bonds is 15. The van der Waals surface area contributed by atoms with E-state index in [1.807, 2.05) is 0 Å². The predicted octanol–water partition coefficient (Wildman–Crippen LogP) is 7.55. The molecule has 1 fully saturated rings. The summed E-state index contributed by atoms with van der Waals surface area (Å²) < 4.78 is 44.3. The second-order valence-corrected chi connectivity index (χ2v) is 9.29. The fourth-order valence-corrected chi connectivity index (χ4v) is 4.46. The largest absolute Gasteiger partial charge is 0.464 e. The summed E-state index contributed by atoms with van der Waals surface area (Å²) in [4.78, 5) is 26.7. The molecule has 0 aliphatic carbocycles. The molecule has 1 unspecified atom stereocenters. The van der Waals surface area contributed by atoms with Gasteiger partial charge in [-0.05, 0) is 37.5 Å². The molecule has 7 heteroatoms. The minimum atomic E-state index is -4.52. The Bertz CT molecular complexity index is 751. The number of alkyl halides is 3. The minimum absolute atomic E-state index is 0.0597. The van der Waals surface area contributed by atoms with Gasteiger partial charge in [-0.2, -0.15) is 13.2 Å². The zero-order valence-electron chi connectivity index (χ0n) is 20.5. The van der Waals surface area contributed by atoms with Gasteiger partial charge >= 0.3 is 12.1 Å². The zero-order chi connectivity index (χ0) is 24.8. The number of nitrogens with zero attached hydrogens (tertiary/aromatic N) is 1. The third kappa shape index (κ3) is 9.67. The van der Waals surface area contributed by atoms with Gasteiger partial charge in [-0.25, -0.2) is 4.79 Å². The van der Waals surface area contributed by atoms with Crippen LogP contribution in [0.15, 0.2) is 24.3 Å². The Balaban J connectivity index is 1.63. The molecule has 1 heterocycles. The molecular weight excluding hydrogens is 443 g/mol. The highest BCUT2D eigenvalue weighted by atomic mass is 19.4. The smallest absolute Gasteiger partial charge is 0.416 e. The third-order valence-electron chi connectivity index (χ3n) is 6.46. The molecular formula is C27H40F3NO3. The summed E-state index contributed by atoms with van der Waals surface area (Å²) in [6, 6.07) is 3.62. The van der Waals surface area contributed by atoms with Crippen molar-refractivity contribution in [2.24, 2.45) is 0 Å². The second-order valence-electron chi connectivity index (χ2n) is 9.29. The molecule has 1 saturated heterocycles. The van der Waals surface area contributed by atoms with Crippen molar-refractivity contribution in [2.45, 2.75) is 109 Å². The van der Waals surface area contributed by atoms with Crippen LogP contribution >= 0.6 is 0 Å². The van der Waals surface area contributed by atoms with E-state index in [0.717, 1.165) is 31.4 Å². The molecule has 1 aliphatic heterocycles. The highest BCUT2D eigenvalue weighted by Crippen LogP contribution is 2.30. The van der Waals surface area contributed by atoms with Crippen LogP contribution in [-0.2, 0) is 15.7 Å². The Labute approximate surface area is 202 Å². The first-order chi connectivity index (χ1) is 16.3. The molecule has 34 heavy (non-hydrogen) atoms. The standard InChI is InChI=1S/C27H40F3NO3/c1-2-3-4-5-6-7-8-9-10-11-12-13-20-34-26(33)24-18-15-19-31(24)25(32)22-16-14-17-23(21-22)27(28,29)30/h14,16-17,21,24H,2-13,15,18-20H2,1H3. The van der Waals surface area contributed by atoms with Crippen LogP contribution in [0.3, 0.4) is 0 Å². The minimum Gasteiger partial charge on any atom is -0.464 e. The Morgan fingerprint density at radius 1 is 0.941 bits per heavy atom. The van der Waals surface area contributed by atoms with Gasteiger partial charge < -0.3 is 9.64 Å². The molecule has 1 aliphatic rings. The van der Waals surface area contributed by atoms with Crippen LogP contribution in [0.5, 0.6) is 0 Å². The Hall–Kier alpha value is -2.05. The van der Waals surface area contributed by atoms with E-state index in [9.17, 15) is 22.8 Å². The molecule has 0 spiro atoms. The molecule has 0 bridgehead atoms. The number of benzene rings is 1. The quantitative estimate of drug-likeness (QED) is 0.191. The average molecular weight is 484 g/mol. The summed E-state index contributed by atoms with van der Waals surface area (Å²) in [5.74, 6) is -1.02. The fraction of sp³-hybridized carbons (Fsp3) is 0.704. The van der Waals surface area contributed by atoms with E-state index in [4.69, 9.17) is 4.74 Å². The second kappa shape index (κ2) is 15.0. The topological polar surface area (TPSA) is 46.6 Å². The Morgan fingerprint density at radius 3 is 2.12 bits per heavy atom. The number of unbranched alkanes of at least 4 members (excludes halogenated alkanes) is 11. The molecule has 0 saturated carbocycles. The number of hydrogen-bond donors (Lipinski definition) is 0. The summed E-state index contributed by atoms with van der Waals surface area (Å²) in [6.45, 7) is 2.89. The molecule has 1 aromatic carbocycles. The Morgan fingerprint density at radius 2 is 1.53 bits per heavy atom. The Kier molecular flexibility index (Phi) is 12.5. The molecule has 0 aromatic heterocycles. The SMILES string of the molecule is CCCCCCCCCCCCCCOC(=O)C1CCCN1C(=O)c1cccc(C(F)(F)F)c1. The van der Waals surface area contributed by atoms with Crippen LogP contribution < -0.4 is 0 Å². The number of carbonyl (C=O) groups is 2. The predicted molar refractivity (Wildman–Crippen MR) is 128 cm³/mol. The van der Waals surface area contributed by atoms with Crippen LogP contribution in [0, 0.1) is 0 Å². The van der Waals surface area contributed by atoms with Crippen LogP contribution in [-0.4, -0.2) is 36.0 Å². The number of halogens is 3. The lowest BCUT2D eigenvalue weighted by atomic mass is 10.1. The summed E-state index contributed by atoms with van der Waals surface area (Å²) >= 11 is 0. The lowest BCUT2D eigenvalue weighted by Crippen LogP contribution is -2.41. The summed E-state index contributed by atoms with van der Waals surface area (Å²) in [5, 5.41) is 0. The van der Waals surface area contributed by atoms with Gasteiger partial charge in [0, 0.05) is 12.1 Å². The number of esters is 1. The number of likely N-dealkylation sites (tertiary alicyclic amines) is 1. The fourth-order valence-electron chi connectivity index (χ4n) is 4.46. The summed E-state index contributed by atoms with van der Waals surface area (Å²) in [6.07, 6.45) is 11.2. The van der Waals surface area contributed by atoms with E-state index in [2.05, 4.69) is 6.92 Å². The van der Waals surface area contributed by atoms with Gasteiger partial charge in [0.25, 0.3) is 5.91 Å². The maximum Gasteiger partial charge on any atom is 0.416 e. The van der Waals surface area contributed by atoms with Gasteiger partial charge in [0.15, 0.2) is 0 Å². The maximum atomic E-state index is 13.0. The summed E-state index contributed by atoms with van der Waals surface area (Å²) in [5.41, 5.74) is -0.931. The van der Waals surface area contributed by atoms with E-state index in [-0.39, 0.29) is 5.56 Å². The van der Waals surface area contributed by atoms with Gasteiger partial charge in [0.1, 0.15) is 6.04 Å². The van der Waals surface area contributed by atoms with Crippen molar-refractivity contribution in [3.05, 3.63) is 35.4 Å². The van der Waals surface area contributed by atoms with Gasteiger partial charge in [0.05, 0.1) is 12.2 Å². The molecule has 0 N–H and O–H groups in total. The van der Waals surface area contributed by atoms with Crippen LogP contribution in [0.25, 0.3) is 0 Å². The number of amides is 1. The van der Waals surface area contributed by atoms with Crippen molar-refractivity contribution < 1.29 is 27.5 Å². The number of carbonyl (C=O) groups excluding carboxylic acids is 2. The molecule has 1 amide bonds. The average Bonchev–Trinajstić information content (AvgIpc) is 3.31. The summed E-state index contributed by atoms with van der Waals surface area (Å²) in [7, 11) is 0. The van der Waals surface area contributed by atoms with Gasteiger partial charge in [-0.1, -0.05) is 83.6 Å². The van der Waals surface area contributed by atoms with Gasteiger partial charge in [-0.15, -0.1) is 0 Å². The first-order valence-corrected chi connectivity index (χ1v) is 13.0. The van der Waals surface area contributed by atoms with Crippen molar-refractivity contribution in [3.8, 4) is 0 Å². The van der Waals surface area contributed by atoms with Crippen molar-refractivity contribution in [2.75, 3.05) is 13.2 Å². The van der Waals surface area contributed by atoms with E-state index < -0.39 is 29.7 Å². The first-order valence-electron chi connectivity index (χ1n) is 13.0. The maximum absolute atomic E-state index is 13.0. The number of hydrogen-bond acceptors (Lipinski definition) is 3. The van der Waals surface area contributed by atoms with E-state index in [0.29, 0.717) is 26.0 Å². The lowest BCUT2D eigenvalue weighted by molar-refractivity contribution is -0.148. The van der Waals surface area contributed by atoms with Crippen LogP contribution in [0.2, 0.25) is 0 Å².